The standard InChI is InChI=1S/C20H22F2N4O/c1-13-24-18(20(27)26-17-8-7-15(21)11-16(17)22)12-19(25-13)23-10-9-14-5-3-2-4-6-14/h5,7-8,11-12H,2-4,6,9-10H2,1H3,(H,26,27)(H,23,24,25). The number of rotatable bonds is 6. The minimum atomic E-state index is -0.840. The maximum Gasteiger partial charge on any atom is 0.274 e. The van der Waals surface area contributed by atoms with Gasteiger partial charge < -0.3 is 10.6 Å². The number of allylic oxidation sites excluding steroid dienone is 1. The van der Waals surface area contributed by atoms with E-state index < -0.39 is 17.5 Å². The fraction of sp³-hybridized carbons (Fsp3) is 0.350. The van der Waals surface area contributed by atoms with Gasteiger partial charge in [0.1, 0.15) is 29.0 Å². The molecule has 0 saturated heterocycles. The molecule has 0 radical (unpaired) electrons. The molecule has 7 heteroatoms. The Hall–Kier alpha value is -2.83. The van der Waals surface area contributed by atoms with Gasteiger partial charge in [0.15, 0.2) is 0 Å². The summed E-state index contributed by atoms with van der Waals surface area (Å²) < 4.78 is 26.7. The van der Waals surface area contributed by atoms with Crippen molar-refractivity contribution in [2.45, 2.75) is 39.0 Å². The maximum atomic E-state index is 13.7. The van der Waals surface area contributed by atoms with E-state index in [1.807, 2.05) is 0 Å². The average Bonchev–Trinajstić information content (AvgIpc) is 2.64. The van der Waals surface area contributed by atoms with Gasteiger partial charge in [0.2, 0.25) is 0 Å². The highest BCUT2D eigenvalue weighted by molar-refractivity contribution is 6.03. The van der Waals surface area contributed by atoms with Crippen molar-refractivity contribution in [3.8, 4) is 0 Å². The normalized spacial score (nSPS) is 13.8. The van der Waals surface area contributed by atoms with Gasteiger partial charge in [-0.3, -0.25) is 4.79 Å². The molecule has 1 aliphatic carbocycles. The quantitative estimate of drug-likeness (QED) is 0.726. The molecule has 1 aromatic carbocycles. The number of halogens is 2. The maximum absolute atomic E-state index is 13.7. The molecule has 0 spiro atoms. The fourth-order valence-corrected chi connectivity index (χ4v) is 3.03. The third-order valence-electron chi connectivity index (χ3n) is 4.39. The Balaban J connectivity index is 1.65. The van der Waals surface area contributed by atoms with E-state index in [0.29, 0.717) is 17.7 Å². The highest BCUT2D eigenvalue weighted by Gasteiger charge is 2.13. The highest BCUT2D eigenvalue weighted by atomic mass is 19.1. The van der Waals surface area contributed by atoms with Gasteiger partial charge in [-0.15, -0.1) is 0 Å². The predicted octanol–water partition coefficient (Wildman–Crippen LogP) is 4.62. The number of aromatic nitrogens is 2. The summed E-state index contributed by atoms with van der Waals surface area (Å²) in [6.07, 6.45) is 8.02. The molecule has 1 heterocycles. The second-order valence-electron chi connectivity index (χ2n) is 6.55. The minimum absolute atomic E-state index is 0.101. The summed E-state index contributed by atoms with van der Waals surface area (Å²) in [6.45, 7) is 2.40. The average molecular weight is 372 g/mol. The lowest BCUT2D eigenvalue weighted by Gasteiger charge is -2.13. The van der Waals surface area contributed by atoms with E-state index in [0.717, 1.165) is 31.9 Å². The molecule has 0 bridgehead atoms. The van der Waals surface area contributed by atoms with Crippen LogP contribution in [0.3, 0.4) is 0 Å². The Morgan fingerprint density at radius 3 is 2.78 bits per heavy atom. The number of hydrogen-bond donors (Lipinski definition) is 2. The number of benzene rings is 1. The van der Waals surface area contributed by atoms with Gasteiger partial charge in [-0.25, -0.2) is 18.7 Å². The van der Waals surface area contributed by atoms with Gasteiger partial charge in [0.25, 0.3) is 5.91 Å². The molecule has 142 valence electrons. The van der Waals surface area contributed by atoms with Gasteiger partial charge in [-0.1, -0.05) is 11.6 Å². The van der Waals surface area contributed by atoms with Crippen LogP contribution in [0.2, 0.25) is 0 Å². The van der Waals surface area contributed by atoms with Crippen LogP contribution in [-0.4, -0.2) is 22.4 Å². The van der Waals surface area contributed by atoms with E-state index in [1.54, 1.807) is 6.92 Å². The number of hydrogen-bond acceptors (Lipinski definition) is 4. The Morgan fingerprint density at radius 2 is 2.04 bits per heavy atom. The first-order chi connectivity index (χ1) is 13.0. The Morgan fingerprint density at radius 1 is 1.19 bits per heavy atom. The third kappa shape index (κ3) is 5.32. The Bertz CT molecular complexity index is 867. The zero-order valence-electron chi connectivity index (χ0n) is 15.2. The molecule has 0 fully saturated rings. The highest BCUT2D eigenvalue weighted by Crippen LogP contribution is 2.20. The van der Waals surface area contributed by atoms with Gasteiger partial charge in [0.05, 0.1) is 5.69 Å². The molecule has 5 nitrogen and oxygen atoms in total. The second kappa shape index (κ2) is 8.70. The largest absolute Gasteiger partial charge is 0.370 e. The molecule has 0 aliphatic heterocycles. The Kier molecular flexibility index (Phi) is 6.11. The summed E-state index contributed by atoms with van der Waals surface area (Å²) in [5.41, 5.74) is 1.46. The lowest BCUT2D eigenvalue weighted by atomic mass is 9.97. The topological polar surface area (TPSA) is 66.9 Å². The van der Waals surface area contributed by atoms with Crippen LogP contribution in [0.4, 0.5) is 20.3 Å². The predicted molar refractivity (Wildman–Crippen MR) is 101 cm³/mol. The number of nitrogens with one attached hydrogen (secondary N) is 2. The van der Waals surface area contributed by atoms with Crippen LogP contribution in [0.1, 0.15) is 48.4 Å². The number of carbonyl (C=O) groups excluding carboxylic acids is 1. The first-order valence-electron chi connectivity index (χ1n) is 9.05. The van der Waals surface area contributed by atoms with Crippen molar-refractivity contribution in [3.05, 3.63) is 59.1 Å². The molecule has 27 heavy (non-hydrogen) atoms. The van der Waals surface area contributed by atoms with Crippen molar-refractivity contribution in [1.29, 1.82) is 0 Å². The van der Waals surface area contributed by atoms with E-state index in [9.17, 15) is 13.6 Å². The molecular formula is C20H22F2N4O. The molecule has 0 unspecified atom stereocenters. The molecule has 1 amide bonds. The number of nitrogens with zero attached hydrogens (tertiary/aromatic N) is 2. The van der Waals surface area contributed by atoms with Crippen LogP contribution < -0.4 is 10.6 Å². The molecule has 1 aliphatic rings. The molecule has 1 aromatic heterocycles. The number of aryl methyl sites for hydroxylation is 1. The molecule has 2 aromatic rings. The van der Waals surface area contributed by atoms with Crippen molar-refractivity contribution in [3.63, 3.8) is 0 Å². The van der Waals surface area contributed by atoms with E-state index in [2.05, 4.69) is 26.7 Å². The van der Waals surface area contributed by atoms with Gasteiger partial charge >= 0.3 is 0 Å². The van der Waals surface area contributed by atoms with Gasteiger partial charge in [0, 0.05) is 18.7 Å². The summed E-state index contributed by atoms with van der Waals surface area (Å²) in [6, 6.07) is 4.50. The van der Waals surface area contributed by atoms with Crippen molar-refractivity contribution < 1.29 is 13.6 Å². The smallest absolute Gasteiger partial charge is 0.274 e. The number of amides is 1. The SMILES string of the molecule is Cc1nc(NCCC2=CCCCC2)cc(C(=O)Nc2ccc(F)cc2F)n1. The second-order valence-corrected chi connectivity index (χ2v) is 6.55. The first kappa shape index (κ1) is 18.9. The third-order valence-corrected chi connectivity index (χ3v) is 4.39. The van der Waals surface area contributed by atoms with Crippen LogP contribution in [0.5, 0.6) is 0 Å². The Labute approximate surface area is 156 Å². The number of anilines is 2. The number of carbonyl (C=O) groups is 1. The fourth-order valence-electron chi connectivity index (χ4n) is 3.03. The van der Waals surface area contributed by atoms with E-state index in [-0.39, 0.29) is 11.4 Å². The van der Waals surface area contributed by atoms with Crippen LogP contribution in [-0.2, 0) is 0 Å². The molecular weight excluding hydrogens is 350 g/mol. The van der Waals surface area contributed by atoms with Gasteiger partial charge in [-0.05, 0) is 51.2 Å². The molecule has 0 atom stereocenters. The van der Waals surface area contributed by atoms with E-state index in [4.69, 9.17) is 0 Å². The summed E-state index contributed by atoms with van der Waals surface area (Å²) in [4.78, 5) is 20.8. The molecule has 0 saturated carbocycles. The summed E-state index contributed by atoms with van der Waals surface area (Å²) in [7, 11) is 0. The van der Waals surface area contributed by atoms with Crippen LogP contribution >= 0.6 is 0 Å². The summed E-state index contributed by atoms with van der Waals surface area (Å²) in [5.74, 6) is -1.15. The summed E-state index contributed by atoms with van der Waals surface area (Å²) in [5, 5.41) is 5.62. The molecule has 2 N–H and O–H groups in total. The first-order valence-corrected chi connectivity index (χ1v) is 9.05. The van der Waals surface area contributed by atoms with Crippen molar-refractivity contribution in [2.24, 2.45) is 0 Å². The van der Waals surface area contributed by atoms with Crippen LogP contribution in [0.15, 0.2) is 35.9 Å². The lowest BCUT2D eigenvalue weighted by molar-refractivity contribution is 0.102. The monoisotopic (exact) mass is 372 g/mol. The van der Waals surface area contributed by atoms with Gasteiger partial charge in [-0.2, -0.15) is 0 Å². The lowest BCUT2D eigenvalue weighted by Crippen LogP contribution is -2.17. The van der Waals surface area contributed by atoms with Crippen molar-refractivity contribution in [2.75, 3.05) is 17.2 Å². The zero-order chi connectivity index (χ0) is 19.2. The minimum Gasteiger partial charge on any atom is -0.370 e. The van der Waals surface area contributed by atoms with E-state index >= 15 is 0 Å². The zero-order valence-corrected chi connectivity index (χ0v) is 15.2. The summed E-state index contributed by atoms with van der Waals surface area (Å²) >= 11 is 0. The van der Waals surface area contributed by atoms with Crippen molar-refractivity contribution >= 4 is 17.4 Å². The van der Waals surface area contributed by atoms with Crippen molar-refractivity contribution in [1.82, 2.24) is 9.97 Å². The van der Waals surface area contributed by atoms with Crippen LogP contribution in [0.25, 0.3) is 0 Å². The van der Waals surface area contributed by atoms with E-state index in [1.165, 1.54) is 30.5 Å². The molecule has 3 rings (SSSR count). The van der Waals surface area contributed by atoms with Crippen LogP contribution in [0, 0.1) is 18.6 Å².